The van der Waals surface area contributed by atoms with Crippen molar-refractivity contribution >= 4 is 33.7 Å². The average molecular weight is 385 g/mol. The van der Waals surface area contributed by atoms with Gasteiger partial charge in [0.05, 0.1) is 7.11 Å². The third-order valence-electron chi connectivity index (χ3n) is 3.71. The summed E-state index contributed by atoms with van der Waals surface area (Å²) < 4.78 is 6.12. The number of nitrogens with zero attached hydrogens (tertiary/aromatic N) is 1. The summed E-state index contributed by atoms with van der Waals surface area (Å²) in [5.41, 5.74) is 2.56. The minimum atomic E-state index is -0.153. The molecule has 0 unspecified atom stereocenters. The Hall–Kier alpha value is -2.40. The topological polar surface area (TPSA) is 50.7 Å². The molecule has 0 aromatic heterocycles. The van der Waals surface area contributed by atoms with E-state index in [0.29, 0.717) is 18.0 Å². The maximum Gasteiger partial charge on any atom is 0.275 e. The molecule has 2 aromatic carbocycles. The van der Waals surface area contributed by atoms with E-state index in [0.717, 1.165) is 22.2 Å². The van der Waals surface area contributed by atoms with E-state index in [2.05, 4.69) is 26.2 Å². The van der Waals surface area contributed by atoms with Crippen LogP contribution in [0.4, 0.5) is 0 Å². The zero-order chi connectivity index (χ0) is 16.9. The number of nitrogens with one attached hydrogen (secondary N) is 1. The Morgan fingerprint density at radius 3 is 2.67 bits per heavy atom. The molecular weight excluding hydrogens is 368 g/mol. The summed E-state index contributed by atoms with van der Waals surface area (Å²) in [6, 6.07) is 15.7. The highest BCUT2D eigenvalue weighted by molar-refractivity contribution is 9.10. The lowest BCUT2D eigenvalue weighted by Gasteiger charge is -2.03. The van der Waals surface area contributed by atoms with Crippen LogP contribution in [0, 0.1) is 0 Å². The Bertz CT molecular complexity index is 810. The second kappa shape index (κ2) is 7.45. The molecule has 0 spiro atoms. The summed E-state index contributed by atoms with van der Waals surface area (Å²) in [6.45, 7) is 0. The molecule has 1 N–H and O–H groups in total. The summed E-state index contributed by atoms with van der Waals surface area (Å²) in [7, 11) is 1.65. The number of rotatable bonds is 5. The van der Waals surface area contributed by atoms with Crippen LogP contribution < -0.4 is 10.1 Å². The third-order valence-corrected chi connectivity index (χ3v) is 4.20. The van der Waals surface area contributed by atoms with Gasteiger partial charge < -0.3 is 10.1 Å². The molecule has 4 nitrogen and oxygen atoms in total. The first-order valence-corrected chi connectivity index (χ1v) is 8.42. The summed E-state index contributed by atoms with van der Waals surface area (Å²) in [4.78, 5) is 16.5. The molecule has 24 heavy (non-hydrogen) atoms. The molecule has 1 aliphatic heterocycles. The van der Waals surface area contributed by atoms with Crippen LogP contribution in [-0.2, 0) is 11.2 Å². The minimum absolute atomic E-state index is 0.153. The third kappa shape index (κ3) is 4.11. The number of aryl methyl sites for hydroxylation is 1. The van der Waals surface area contributed by atoms with E-state index in [1.54, 1.807) is 13.2 Å². The zero-order valence-electron chi connectivity index (χ0n) is 13.3. The van der Waals surface area contributed by atoms with Crippen molar-refractivity contribution in [3.63, 3.8) is 0 Å². The number of methoxy groups -OCH3 is 1. The van der Waals surface area contributed by atoms with Crippen LogP contribution in [0.5, 0.6) is 5.75 Å². The van der Waals surface area contributed by atoms with Crippen LogP contribution in [0.25, 0.3) is 6.08 Å². The lowest BCUT2D eigenvalue weighted by atomic mass is 10.1. The van der Waals surface area contributed by atoms with Crippen LogP contribution in [0.15, 0.2) is 63.7 Å². The number of halogens is 1. The Morgan fingerprint density at radius 1 is 1.17 bits per heavy atom. The number of carbonyl (C=O) groups is 1. The predicted octanol–water partition coefficient (Wildman–Crippen LogP) is 3.96. The fourth-order valence-corrected chi connectivity index (χ4v) is 2.86. The molecule has 0 radical (unpaired) electrons. The van der Waals surface area contributed by atoms with Crippen molar-refractivity contribution in [2.24, 2.45) is 4.99 Å². The van der Waals surface area contributed by atoms with E-state index in [1.165, 1.54) is 5.56 Å². The Labute approximate surface area is 149 Å². The van der Waals surface area contributed by atoms with E-state index in [4.69, 9.17) is 4.74 Å². The maximum absolute atomic E-state index is 12.0. The molecule has 1 amide bonds. The fourth-order valence-electron chi connectivity index (χ4n) is 2.44. The van der Waals surface area contributed by atoms with E-state index in [1.807, 2.05) is 48.5 Å². The second-order valence-electron chi connectivity index (χ2n) is 5.45. The van der Waals surface area contributed by atoms with Gasteiger partial charge in [-0.25, -0.2) is 4.99 Å². The summed E-state index contributed by atoms with van der Waals surface area (Å²) in [5.74, 6) is 1.39. The van der Waals surface area contributed by atoms with Gasteiger partial charge in [-0.3, -0.25) is 4.79 Å². The summed E-state index contributed by atoms with van der Waals surface area (Å²) in [6.07, 6.45) is 3.29. The van der Waals surface area contributed by atoms with Crippen molar-refractivity contribution in [2.45, 2.75) is 12.8 Å². The Kier molecular flexibility index (Phi) is 5.11. The molecule has 1 heterocycles. The number of benzene rings is 2. The quantitative estimate of drug-likeness (QED) is 0.793. The number of ether oxygens (including phenoxy) is 1. The van der Waals surface area contributed by atoms with Crippen molar-refractivity contribution in [2.75, 3.05) is 7.11 Å². The maximum atomic E-state index is 12.0. The van der Waals surface area contributed by atoms with Gasteiger partial charge in [0.2, 0.25) is 0 Å². The van der Waals surface area contributed by atoms with Gasteiger partial charge in [-0.05, 0) is 47.9 Å². The van der Waals surface area contributed by atoms with Gasteiger partial charge in [0.1, 0.15) is 17.3 Å². The summed E-state index contributed by atoms with van der Waals surface area (Å²) in [5, 5.41) is 2.84. The molecule has 0 saturated heterocycles. The van der Waals surface area contributed by atoms with E-state index in [9.17, 15) is 4.79 Å². The predicted molar refractivity (Wildman–Crippen MR) is 99.0 cm³/mol. The number of carbonyl (C=O) groups excluding carboxylic acids is 1. The monoisotopic (exact) mass is 384 g/mol. The molecule has 0 aliphatic carbocycles. The van der Waals surface area contributed by atoms with Gasteiger partial charge in [-0.2, -0.15) is 0 Å². The van der Waals surface area contributed by atoms with Gasteiger partial charge in [0, 0.05) is 10.9 Å². The smallest absolute Gasteiger partial charge is 0.275 e. The standard InChI is InChI=1S/C19H17BrN2O2/c1-24-16-8-5-13(6-9-16)7-10-18-21-17(19(23)22-18)12-14-3-2-4-15(20)11-14/h2-6,8-9,11-12H,7,10H2,1H3,(H,21,22,23)/b17-12+. The molecule has 1 aliphatic rings. The molecule has 2 aromatic rings. The zero-order valence-corrected chi connectivity index (χ0v) is 14.8. The van der Waals surface area contributed by atoms with Crippen molar-refractivity contribution in [1.82, 2.24) is 5.32 Å². The molecule has 3 rings (SSSR count). The number of amidine groups is 1. The molecule has 0 saturated carbocycles. The Balaban J connectivity index is 1.67. The molecule has 0 bridgehead atoms. The first kappa shape index (κ1) is 16.5. The molecule has 122 valence electrons. The van der Waals surface area contributed by atoms with E-state index < -0.39 is 0 Å². The highest BCUT2D eigenvalue weighted by Crippen LogP contribution is 2.18. The van der Waals surface area contributed by atoms with Crippen LogP contribution >= 0.6 is 15.9 Å². The number of aliphatic imine (C=N–C) groups is 1. The van der Waals surface area contributed by atoms with Gasteiger partial charge in [-0.15, -0.1) is 0 Å². The van der Waals surface area contributed by atoms with Crippen molar-refractivity contribution < 1.29 is 9.53 Å². The van der Waals surface area contributed by atoms with Gasteiger partial charge in [-0.1, -0.05) is 40.2 Å². The fraction of sp³-hybridized carbons (Fsp3) is 0.158. The average Bonchev–Trinajstić information content (AvgIpc) is 2.93. The molecule has 0 fully saturated rings. The highest BCUT2D eigenvalue weighted by atomic mass is 79.9. The second-order valence-corrected chi connectivity index (χ2v) is 6.36. The van der Waals surface area contributed by atoms with Gasteiger partial charge in [0.25, 0.3) is 5.91 Å². The van der Waals surface area contributed by atoms with Crippen molar-refractivity contribution in [1.29, 1.82) is 0 Å². The summed E-state index contributed by atoms with van der Waals surface area (Å²) >= 11 is 3.42. The Morgan fingerprint density at radius 2 is 1.96 bits per heavy atom. The van der Waals surface area contributed by atoms with E-state index >= 15 is 0 Å². The van der Waals surface area contributed by atoms with Gasteiger partial charge in [0.15, 0.2) is 0 Å². The molecular formula is C19H17BrN2O2. The lowest BCUT2D eigenvalue weighted by molar-refractivity contribution is -0.115. The van der Waals surface area contributed by atoms with Crippen molar-refractivity contribution in [3.8, 4) is 5.75 Å². The van der Waals surface area contributed by atoms with Crippen LogP contribution in [0.1, 0.15) is 17.5 Å². The number of amides is 1. The van der Waals surface area contributed by atoms with E-state index in [-0.39, 0.29) is 5.91 Å². The SMILES string of the molecule is COc1ccc(CCC2=N/C(=C/c3cccc(Br)c3)C(=O)N2)cc1. The van der Waals surface area contributed by atoms with Crippen LogP contribution in [0.3, 0.4) is 0 Å². The first-order chi connectivity index (χ1) is 11.6. The molecule has 5 heteroatoms. The first-order valence-electron chi connectivity index (χ1n) is 7.63. The normalized spacial score (nSPS) is 15.3. The highest BCUT2D eigenvalue weighted by Gasteiger charge is 2.19. The van der Waals surface area contributed by atoms with Crippen LogP contribution in [-0.4, -0.2) is 18.9 Å². The largest absolute Gasteiger partial charge is 0.497 e. The van der Waals surface area contributed by atoms with Crippen molar-refractivity contribution in [3.05, 3.63) is 69.8 Å². The lowest BCUT2D eigenvalue weighted by Crippen LogP contribution is -2.24. The number of hydrogen-bond donors (Lipinski definition) is 1. The number of hydrogen-bond acceptors (Lipinski definition) is 3. The van der Waals surface area contributed by atoms with Crippen LogP contribution in [0.2, 0.25) is 0 Å². The van der Waals surface area contributed by atoms with Gasteiger partial charge >= 0.3 is 0 Å². The minimum Gasteiger partial charge on any atom is -0.497 e. The molecule has 0 atom stereocenters.